The molecule has 2 aliphatic rings. The van der Waals surface area contributed by atoms with Crippen LogP contribution in [0, 0.1) is 0 Å². The van der Waals surface area contributed by atoms with Gasteiger partial charge in [0.1, 0.15) is 5.75 Å². The van der Waals surface area contributed by atoms with Crippen molar-refractivity contribution in [3.63, 3.8) is 0 Å². The summed E-state index contributed by atoms with van der Waals surface area (Å²) in [5.41, 5.74) is 2.97. The maximum Gasteiger partial charge on any atom is 0.251 e. The van der Waals surface area contributed by atoms with E-state index in [1.807, 2.05) is 18.2 Å². The van der Waals surface area contributed by atoms with E-state index in [0.717, 1.165) is 54.7 Å². The molecule has 2 heterocycles. The van der Waals surface area contributed by atoms with Crippen LogP contribution in [0.25, 0.3) is 0 Å². The molecule has 2 fully saturated rings. The molecule has 1 saturated carbocycles. The van der Waals surface area contributed by atoms with E-state index in [1.54, 1.807) is 0 Å². The first kappa shape index (κ1) is 18.8. The molecule has 28 heavy (non-hydrogen) atoms. The Morgan fingerprint density at radius 2 is 1.86 bits per heavy atom. The van der Waals surface area contributed by atoms with Crippen molar-refractivity contribution in [1.29, 1.82) is 0 Å². The Kier molecular flexibility index (Phi) is 5.51. The third kappa shape index (κ3) is 4.29. The predicted octanol–water partition coefficient (Wildman–Crippen LogP) is 3.84. The number of aromatic nitrogens is 1. The van der Waals surface area contributed by atoms with Crippen LogP contribution in [0.2, 0.25) is 0 Å². The highest BCUT2D eigenvalue weighted by Crippen LogP contribution is 2.39. The summed E-state index contributed by atoms with van der Waals surface area (Å²) in [4.78, 5) is 27.4. The highest BCUT2D eigenvalue weighted by molar-refractivity contribution is 5.78. The minimum Gasteiger partial charge on any atom is -0.494 e. The van der Waals surface area contributed by atoms with Gasteiger partial charge in [0.05, 0.1) is 6.61 Å². The lowest BCUT2D eigenvalue weighted by Crippen LogP contribution is -2.28. The molecule has 5 heteroatoms. The van der Waals surface area contributed by atoms with E-state index >= 15 is 0 Å². The third-order valence-corrected chi connectivity index (χ3v) is 5.72. The van der Waals surface area contributed by atoms with Gasteiger partial charge in [-0.3, -0.25) is 9.59 Å². The number of aromatic amines is 1. The lowest BCUT2D eigenvalue weighted by Gasteiger charge is -2.22. The number of ether oxygens (including phenoxy) is 1. The van der Waals surface area contributed by atoms with E-state index in [2.05, 4.69) is 35.4 Å². The van der Waals surface area contributed by atoms with Crippen LogP contribution in [0.5, 0.6) is 5.75 Å². The van der Waals surface area contributed by atoms with E-state index in [1.165, 1.54) is 0 Å². The summed E-state index contributed by atoms with van der Waals surface area (Å²) in [6.45, 7) is 2.79. The summed E-state index contributed by atoms with van der Waals surface area (Å²) in [5.74, 6) is 1.44. The Balaban J connectivity index is 1.60. The molecule has 5 nitrogen and oxygen atoms in total. The van der Waals surface area contributed by atoms with Gasteiger partial charge in [-0.2, -0.15) is 0 Å². The number of pyridine rings is 1. The lowest BCUT2D eigenvalue weighted by atomic mass is 9.88. The molecule has 1 amide bonds. The summed E-state index contributed by atoms with van der Waals surface area (Å²) in [7, 11) is 0. The van der Waals surface area contributed by atoms with E-state index in [4.69, 9.17) is 4.74 Å². The summed E-state index contributed by atoms with van der Waals surface area (Å²) in [5, 5.41) is 3.06. The Morgan fingerprint density at radius 1 is 1.07 bits per heavy atom. The van der Waals surface area contributed by atoms with Gasteiger partial charge in [0.2, 0.25) is 5.91 Å². The molecule has 2 N–H and O–H groups in total. The zero-order chi connectivity index (χ0) is 19.5. The zero-order valence-electron chi connectivity index (χ0n) is 16.4. The minimum atomic E-state index is 0.0309. The van der Waals surface area contributed by atoms with Crippen LogP contribution in [-0.4, -0.2) is 23.5 Å². The summed E-state index contributed by atoms with van der Waals surface area (Å²) < 4.78 is 5.70. The number of carbonyl (C=O) groups is 1. The number of nitrogens with one attached hydrogen (secondary N) is 2. The molecule has 1 aromatic heterocycles. The van der Waals surface area contributed by atoms with Crippen LogP contribution in [-0.2, 0) is 4.79 Å². The first-order valence-electron chi connectivity index (χ1n) is 10.4. The van der Waals surface area contributed by atoms with E-state index < -0.39 is 0 Å². The lowest BCUT2D eigenvalue weighted by molar-refractivity contribution is -0.119. The number of benzene rings is 1. The predicted molar refractivity (Wildman–Crippen MR) is 109 cm³/mol. The third-order valence-electron chi connectivity index (χ3n) is 5.72. The molecule has 1 aliphatic heterocycles. The Labute approximate surface area is 165 Å². The number of hydrogen-bond donors (Lipinski definition) is 2. The SMILES string of the molecule is CCCOc1ccc(C(C[C@H]2CCC(=O)N2)c2ccc(C3CC3)c(=O)[nH]2)cc1. The molecule has 2 aromatic rings. The average Bonchev–Trinajstić information content (AvgIpc) is 3.46. The minimum absolute atomic E-state index is 0.0309. The summed E-state index contributed by atoms with van der Waals surface area (Å²) >= 11 is 0. The molecule has 0 bridgehead atoms. The van der Waals surface area contributed by atoms with Crippen molar-refractivity contribution >= 4 is 5.91 Å². The number of hydrogen-bond acceptors (Lipinski definition) is 3. The molecular formula is C23H28N2O3. The van der Waals surface area contributed by atoms with Crippen molar-refractivity contribution < 1.29 is 9.53 Å². The molecule has 1 unspecified atom stereocenters. The van der Waals surface area contributed by atoms with Crippen molar-refractivity contribution in [2.24, 2.45) is 0 Å². The van der Waals surface area contributed by atoms with Crippen LogP contribution < -0.4 is 15.6 Å². The number of carbonyl (C=O) groups excluding carboxylic acids is 1. The van der Waals surface area contributed by atoms with Crippen LogP contribution in [0.15, 0.2) is 41.2 Å². The number of H-pyrrole nitrogens is 1. The van der Waals surface area contributed by atoms with Crippen LogP contribution >= 0.6 is 0 Å². The van der Waals surface area contributed by atoms with Gasteiger partial charge in [0, 0.05) is 29.6 Å². The standard InChI is InChI=1S/C23H28N2O3/c1-2-13-28-18-8-5-16(6-9-18)20(14-17-7-12-22(26)24-17)21-11-10-19(15-3-4-15)23(27)25-21/h5-6,8-11,15,17,20H,2-4,7,12-14H2,1H3,(H,24,26)(H,25,27)/t17-,20?/m1/s1. The highest BCUT2D eigenvalue weighted by atomic mass is 16.5. The first-order chi connectivity index (χ1) is 13.6. The Bertz CT molecular complexity index is 883. The zero-order valence-corrected chi connectivity index (χ0v) is 16.4. The van der Waals surface area contributed by atoms with Crippen molar-refractivity contribution in [2.75, 3.05) is 6.61 Å². The second kappa shape index (κ2) is 8.21. The summed E-state index contributed by atoms with van der Waals surface area (Å²) in [6.07, 6.45) is 5.40. The van der Waals surface area contributed by atoms with Gasteiger partial charge in [-0.25, -0.2) is 0 Å². The van der Waals surface area contributed by atoms with Crippen LogP contribution in [0.4, 0.5) is 0 Å². The number of amides is 1. The molecular weight excluding hydrogens is 352 g/mol. The average molecular weight is 380 g/mol. The van der Waals surface area contributed by atoms with Gasteiger partial charge in [-0.15, -0.1) is 0 Å². The monoisotopic (exact) mass is 380 g/mol. The van der Waals surface area contributed by atoms with Crippen molar-refractivity contribution in [3.05, 3.63) is 63.6 Å². The van der Waals surface area contributed by atoms with Gasteiger partial charge in [0.25, 0.3) is 5.56 Å². The highest BCUT2D eigenvalue weighted by Gasteiger charge is 2.29. The van der Waals surface area contributed by atoms with Crippen LogP contribution in [0.3, 0.4) is 0 Å². The van der Waals surface area contributed by atoms with Gasteiger partial charge in [-0.1, -0.05) is 25.1 Å². The molecule has 148 valence electrons. The normalized spacial score (nSPS) is 20.0. The Morgan fingerprint density at radius 3 is 2.46 bits per heavy atom. The largest absolute Gasteiger partial charge is 0.494 e. The fraction of sp³-hybridized carbons (Fsp3) is 0.478. The second-order valence-corrected chi connectivity index (χ2v) is 7.98. The van der Waals surface area contributed by atoms with E-state index in [9.17, 15) is 9.59 Å². The summed E-state index contributed by atoms with van der Waals surface area (Å²) in [6, 6.07) is 12.3. The fourth-order valence-electron chi connectivity index (χ4n) is 4.02. The van der Waals surface area contributed by atoms with Gasteiger partial charge in [0.15, 0.2) is 0 Å². The van der Waals surface area contributed by atoms with Gasteiger partial charge >= 0.3 is 0 Å². The maximum absolute atomic E-state index is 12.6. The van der Waals surface area contributed by atoms with Crippen LogP contribution in [0.1, 0.15) is 74.1 Å². The van der Waals surface area contributed by atoms with Crippen molar-refractivity contribution in [3.8, 4) is 5.75 Å². The molecule has 1 saturated heterocycles. The van der Waals surface area contributed by atoms with Crippen molar-refractivity contribution in [1.82, 2.24) is 10.3 Å². The molecule has 1 aromatic carbocycles. The molecule has 0 spiro atoms. The quantitative estimate of drug-likeness (QED) is 0.731. The van der Waals surface area contributed by atoms with Gasteiger partial charge < -0.3 is 15.0 Å². The van der Waals surface area contributed by atoms with Gasteiger partial charge in [-0.05, 0) is 61.8 Å². The topological polar surface area (TPSA) is 71.2 Å². The van der Waals surface area contributed by atoms with E-state index in [-0.39, 0.29) is 23.4 Å². The maximum atomic E-state index is 12.6. The molecule has 1 aliphatic carbocycles. The molecule has 4 rings (SSSR count). The molecule has 2 atom stereocenters. The fourth-order valence-corrected chi connectivity index (χ4v) is 4.02. The first-order valence-corrected chi connectivity index (χ1v) is 10.4. The second-order valence-electron chi connectivity index (χ2n) is 7.98. The molecule has 0 radical (unpaired) electrons. The Hall–Kier alpha value is -2.56. The van der Waals surface area contributed by atoms with Crippen molar-refractivity contribution in [2.45, 2.75) is 63.3 Å². The number of rotatable bonds is 8. The smallest absolute Gasteiger partial charge is 0.251 e. The van der Waals surface area contributed by atoms with E-state index in [0.29, 0.717) is 18.9 Å².